The summed E-state index contributed by atoms with van der Waals surface area (Å²) in [6, 6.07) is 7.53. The molecule has 1 rings (SSSR count). The van der Waals surface area contributed by atoms with E-state index in [2.05, 4.69) is 20.9 Å². The van der Waals surface area contributed by atoms with Crippen molar-refractivity contribution in [3.05, 3.63) is 35.4 Å². The average Bonchev–Trinajstić information content (AvgIpc) is 2.60. The van der Waals surface area contributed by atoms with Crippen molar-refractivity contribution in [3.8, 4) is 0 Å². The first-order valence-electron chi connectivity index (χ1n) is 8.99. The summed E-state index contributed by atoms with van der Waals surface area (Å²) >= 11 is 0. The van der Waals surface area contributed by atoms with Gasteiger partial charge in [-0.2, -0.15) is 0 Å². The Morgan fingerprint density at radius 2 is 1.96 bits per heavy atom. The summed E-state index contributed by atoms with van der Waals surface area (Å²) in [7, 11) is 1.62. The van der Waals surface area contributed by atoms with Crippen LogP contribution in [0.5, 0.6) is 0 Å². The maximum atomic E-state index is 11.7. The van der Waals surface area contributed by atoms with Crippen molar-refractivity contribution in [2.45, 2.75) is 39.7 Å². The summed E-state index contributed by atoms with van der Waals surface area (Å²) < 4.78 is 5.09. The molecule has 0 spiro atoms. The van der Waals surface area contributed by atoms with Crippen LogP contribution in [0.15, 0.2) is 29.3 Å². The van der Waals surface area contributed by atoms with Crippen LogP contribution in [-0.4, -0.2) is 50.6 Å². The van der Waals surface area contributed by atoms with Gasteiger partial charge >= 0.3 is 5.97 Å². The minimum atomic E-state index is -0.245. The molecule has 0 fully saturated rings. The smallest absolute Gasteiger partial charge is 0.307 e. The molecule has 0 atom stereocenters. The van der Waals surface area contributed by atoms with Crippen molar-refractivity contribution in [1.82, 2.24) is 16.0 Å². The molecule has 27 heavy (non-hydrogen) atoms. The molecule has 0 aliphatic carbocycles. The van der Waals surface area contributed by atoms with Crippen LogP contribution in [0.4, 0.5) is 0 Å². The van der Waals surface area contributed by atoms with Crippen LogP contribution in [0.2, 0.25) is 0 Å². The van der Waals surface area contributed by atoms with Gasteiger partial charge in [0.25, 0.3) is 5.91 Å². The average molecular weight is 490 g/mol. The van der Waals surface area contributed by atoms with E-state index in [-0.39, 0.29) is 48.4 Å². The first-order chi connectivity index (χ1) is 12.5. The number of halogens is 1. The van der Waals surface area contributed by atoms with E-state index in [1.54, 1.807) is 13.1 Å². The molecule has 0 aliphatic rings. The number of amides is 1. The Morgan fingerprint density at radius 3 is 2.59 bits per heavy atom. The molecule has 8 heteroatoms. The summed E-state index contributed by atoms with van der Waals surface area (Å²) in [6.45, 7) is 7.40. The molecule has 3 N–H and O–H groups in total. The highest BCUT2D eigenvalue weighted by molar-refractivity contribution is 14.0. The lowest BCUT2D eigenvalue weighted by Crippen LogP contribution is -2.38. The summed E-state index contributed by atoms with van der Waals surface area (Å²) in [5.74, 6) is 0.320. The molecule has 7 nitrogen and oxygen atoms in total. The fourth-order valence-electron chi connectivity index (χ4n) is 2.26. The Kier molecular flexibility index (Phi) is 13.3. The molecular formula is C19H31IN4O3. The number of aliphatic imine (C=N–C) groups is 1. The lowest BCUT2D eigenvalue weighted by atomic mass is 10.1. The molecule has 152 valence electrons. The standard InChI is InChI=1S/C19H30N4O3.HI/c1-5-21-19(23-12-10-17(24)26-14(2)3)22-11-9-15-7-6-8-16(13-15)18(25)20-4;/h6-8,13-14H,5,9-12H2,1-4H3,(H,20,25)(H2,21,22,23);1H. The van der Waals surface area contributed by atoms with Crippen molar-refractivity contribution < 1.29 is 14.3 Å². The van der Waals surface area contributed by atoms with E-state index >= 15 is 0 Å². The van der Waals surface area contributed by atoms with Gasteiger partial charge in [-0.3, -0.25) is 14.6 Å². The van der Waals surface area contributed by atoms with Gasteiger partial charge in [0.2, 0.25) is 0 Å². The lowest BCUT2D eigenvalue weighted by molar-refractivity contribution is -0.147. The van der Waals surface area contributed by atoms with Gasteiger partial charge < -0.3 is 20.7 Å². The summed E-state index contributed by atoms with van der Waals surface area (Å²) in [5.41, 5.74) is 1.71. The summed E-state index contributed by atoms with van der Waals surface area (Å²) in [4.78, 5) is 27.6. The number of carbonyl (C=O) groups excluding carboxylic acids is 2. The quantitative estimate of drug-likeness (QED) is 0.214. The molecule has 1 amide bonds. The van der Waals surface area contributed by atoms with Crippen LogP contribution in [0.1, 0.15) is 43.1 Å². The Hall–Kier alpha value is -1.84. The molecule has 0 bridgehead atoms. The van der Waals surface area contributed by atoms with E-state index in [1.807, 2.05) is 39.0 Å². The van der Waals surface area contributed by atoms with Crippen molar-refractivity contribution in [2.75, 3.05) is 26.7 Å². The number of esters is 1. The largest absolute Gasteiger partial charge is 0.463 e. The summed E-state index contributed by atoms with van der Waals surface area (Å²) in [6.07, 6.45) is 0.900. The molecule has 1 aromatic carbocycles. The molecule has 1 aromatic rings. The van der Waals surface area contributed by atoms with Gasteiger partial charge in [0, 0.05) is 25.7 Å². The van der Waals surface area contributed by atoms with Gasteiger partial charge in [0.05, 0.1) is 19.1 Å². The SMILES string of the molecule is CCNC(=NCCC(=O)OC(C)C)NCCc1cccc(C(=O)NC)c1.I. The fraction of sp³-hybridized carbons (Fsp3) is 0.526. The molecule has 0 unspecified atom stereocenters. The van der Waals surface area contributed by atoms with Crippen LogP contribution < -0.4 is 16.0 Å². The topological polar surface area (TPSA) is 91.8 Å². The second kappa shape index (κ2) is 14.2. The van der Waals surface area contributed by atoms with Crippen LogP contribution in [0.25, 0.3) is 0 Å². The lowest BCUT2D eigenvalue weighted by Gasteiger charge is -2.12. The molecular weight excluding hydrogens is 459 g/mol. The molecule has 0 radical (unpaired) electrons. The highest BCUT2D eigenvalue weighted by atomic mass is 127. The van der Waals surface area contributed by atoms with Crippen molar-refractivity contribution >= 4 is 41.8 Å². The Balaban J connectivity index is 0.00000676. The monoisotopic (exact) mass is 490 g/mol. The number of benzene rings is 1. The van der Waals surface area contributed by atoms with Gasteiger partial charge in [-0.25, -0.2) is 0 Å². The first-order valence-corrected chi connectivity index (χ1v) is 8.99. The van der Waals surface area contributed by atoms with Crippen LogP contribution in [0, 0.1) is 0 Å². The predicted molar refractivity (Wildman–Crippen MR) is 119 cm³/mol. The van der Waals surface area contributed by atoms with E-state index in [4.69, 9.17) is 4.74 Å². The van der Waals surface area contributed by atoms with Crippen LogP contribution >= 0.6 is 24.0 Å². The maximum absolute atomic E-state index is 11.7. The Bertz CT molecular complexity index is 621. The van der Waals surface area contributed by atoms with Gasteiger partial charge in [0.15, 0.2) is 5.96 Å². The second-order valence-electron chi connectivity index (χ2n) is 6.01. The number of nitrogens with zero attached hydrogens (tertiary/aromatic N) is 1. The number of rotatable bonds is 9. The highest BCUT2D eigenvalue weighted by Gasteiger charge is 2.06. The van der Waals surface area contributed by atoms with E-state index in [9.17, 15) is 9.59 Å². The minimum Gasteiger partial charge on any atom is -0.463 e. The summed E-state index contributed by atoms with van der Waals surface area (Å²) in [5, 5.41) is 9.00. The third kappa shape index (κ3) is 10.8. The van der Waals surface area contributed by atoms with E-state index in [1.165, 1.54) is 0 Å². The zero-order chi connectivity index (χ0) is 19.4. The van der Waals surface area contributed by atoms with Gasteiger partial charge in [-0.1, -0.05) is 12.1 Å². The van der Waals surface area contributed by atoms with Crippen LogP contribution in [-0.2, 0) is 16.0 Å². The van der Waals surface area contributed by atoms with Crippen molar-refractivity contribution in [1.29, 1.82) is 0 Å². The first kappa shape index (κ1) is 25.2. The number of hydrogen-bond acceptors (Lipinski definition) is 4. The van der Waals surface area contributed by atoms with Gasteiger partial charge in [-0.05, 0) is 44.9 Å². The number of hydrogen-bond donors (Lipinski definition) is 3. The van der Waals surface area contributed by atoms with Crippen molar-refractivity contribution in [3.63, 3.8) is 0 Å². The molecule has 0 aromatic heterocycles. The third-order valence-corrected chi connectivity index (χ3v) is 3.42. The van der Waals surface area contributed by atoms with E-state index in [0.717, 1.165) is 18.5 Å². The molecule has 0 heterocycles. The zero-order valence-corrected chi connectivity index (χ0v) is 18.8. The van der Waals surface area contributed by atoms with E-state index < -0.39 is 0 Å². The molecule has 0 aliphatic heterocycles. The minimum absolute atomic E-state index is 0. The molecule has 0 saturated heterocycles. The van der Waals surface area contributed by atoms with E-state index in [0.29, 0.717) is 24.6 Å². The second-order valence-corrected chi connectivity index (χ2v) is 6.01. The van der Waals surface area contributed by atoms with Crippen molar-refractivity contribution in [2.24, 2.45) is 4.99 Å². The number of guanidine groups is 1. The molecule has 0 saturated carbocycles. The Morgan fingerprint density at radius 1 is 1.22 bits per heavy atom. The van der Waals surface area contributed by atoms with Gasteiger partial charge in [-0.15, -0.1) is 24.0 Å². The van der Waals surface area contributed by atoms with Crippen LogP contribution in [0.3, 0.4) is 0 Å². The zero-order valence-electron chi connectivity index (χ0n) is 16.5. The number of ether oxygens (including phenoxy) is 1. The fourth-order valence-corrected chi connectivity index (χ4v) is 2.26. The number of carbonyl (C=O) groups is 2. The number of nitrogens with one attached hydrogen (secondary N) is 3. The maximum Gasteiger partial charge on any atom is 0.307 e. The highest BCUT2D eigenvalue weighted by Crippen LogP contribution is 2.05. The predicted octanol–water partition coefficient (Wildman–Crippen LogP) is 2.10. The van der Waals surface area contributed by atoms with Gasteiger partial charge in [0.1, 0.15) is 0 Å². The Labute approximate surface area is 178 Å². The third-order valence-electron chi connectivity index (χ3n) is 3.42. The normalized spacial score (nSPS) is 10.8.